The largest absolute Gasteiger partial charge is 0.337 e. The van der Waals surface area contributed by atoms with Gasteiger partial charge >= 0.3 is 0 Å². The molecule has 4 nitrogen and oxygen atoms in total. The lowest BCUT2D eigenvalue weighted by Crippen LogP contribution is -2.32. The monoisotopic (exact) mass is 263 g/mol. The molecule has 0 unspecified atom stereocenters. The molecule has 3 rings (SSSR count). The van der Waals surface area contributed by atoms with E-state index in [2.05, 4.69) is 10.4 Å². The highest BCUT2D eigenvalue weighted by molar-refractivity contribution is 7.15. The maximum absolute atomic E-state index is 12.4. The molecule has 0 bridgehead atoms. The number of hydrogen-bond donors (Lipinski definition) is 0. The highest BCUT2D eigenvalue weighted by Gasteiger charge is 2.20. The Kier molecular flexibility index (Phi) is 3.07. The number of nitrogens with zero attached hydrogens (tertiary/aromatic N) is 3. The van der Waals surface area contributed by atoms with Gasteiger partial charge in [0.2, 0.25) is 0 Å². The van der Waals surface area contributed by atoms with Crippen LogP contribution in [0.2, 0.25) is 0 Å². The fraction of sp³-hybridized carbons (Fsp3) is 0.538. The van der Waals surface area contributed by atoms with Crippen LogP contribution in [-0.4, -0.2) is 33.3 Å². The van der Waals surface area contributed by atoms with E-state index in [9.17, 15) is 4.79 Å². The first-order chi connectivity index (χ1) is 8.75. The predicted molar refractivity (Wildman–Crippen MR) is 72.2 cm³/mol. The fourth-order valence-electron chi connectivity index (χ4n) is 2.43. The van der Waals surface area contributed by atoms with E-state index >= 15 is 0 Å². The topological polar surface area (TPSA) is 37.6 Å². The second-order valence-electron chi connectivity index (χ2n) is 4.86. The van der Waals surface area contributed by atoms with Gasteiger partial charge in [0.05, 0.1) is 0 Å². The van der Waals surface area contributed by atoms with Gasteiger partial charge < -0.3 is 4.90 Å². The van der Waals surface area contributed by atoms with Crippen molar-refractivity contribution in [1.29, 1.82) is 0 Å². The third-order valence-electron chi connectivity index (χ3n) is 3.50. The van der Waals surface area contributed by atoms with Gasteiger partial charge in [-0.05, 0) is 19.8 Å². The van der Waals surface area contributed by atoms with Crippen LogP contribution in [0.25, 0.3) is 4.96 Å². The standard InChI is InChI=1S/C13H17N3OS/c1-10-9-18-13-14-11(8-16(10)13)12(17)15-6-4-2-3-5-7-15/h8-9H,2-7H2,1H3. The van der Waals surface area contributed by atoms with Gasteiger partial charge in [0.1, 0.15) is 5.69 Å². The third-order valence-corrected chi connectivity index (χ3v) is 4.46. The molecule has 5 heteroatoms. The van der Waals surface area contributed by atoms with Crippen LogP contribution < -0.4 is 0 Å². The van der Waals surface area contributed by atoms with Gasteiger partial charge in [-0.25, -0.2) is 4.98 Å². The summed E-state index contributed by atoms with van der Waals surface area (Å²) < 4.78 is 2.00. The Balaban J connectivity index is 1.86. The van der Waals surface area contributed by atoms with E-state index in [1.807, 2.05) is 22.4 Å². The number of likely N-dealkylation sites (tertiary alicyclic amines) is 1. The molecule has 1 fully saturated rings. The molecule has 18 heavy (non-hydrogen) atoms. The van der Waals surface area contributed by atoms with Crippen molar-refractivity contribution in [2.45, 2.75) is 32.6 Å². The molecule has 3 heterocycles. The van der Waals surface area contributed by atoms with E-state index in [1.165, 1.54) is 12.8 Å². The molecule has 0 radical (unpaired) electrons. The van der Waals surface area contributed by atoms with Crippen LogP contribution in [0.3, 0.4) is 0 Å². The summed E-state index contributed by atoms with van der Waals surface area (Å²) in [4.78, 5) is 19.7. The maximum atomic E-state index is 12.4. The van der Waals surface area contributed by atoms with Crippen molar-refractivity contribution in [3.05, 3.63) is 23.0 Å². The number of carbonyl (C=O) groups excluding carboxylic acids is 1. The molecular formula is C13H17N3OS. The van der Waals surface area contributed by atoms with E-state index in [0.717, 1.165) is 36.6 Å². The summed E-state index contributed by atoms with van der Waals surface area (Å²) in [6, 6.07) is 0. The number of fused-ring (bicyclic) bond motifs is 1. The molecule has 1 aliphatic rings. The number of thiazole rings is 1. The zero-order valence-corrected chi connectivity index (χ0v) is 11.4. The van der Waals surface area contributed by atoms with E-state index in [0.29, 0.717) is 5.69 Å². The number of carbonyl (C=O) groups is 1. The molecule has 2 aromatic heterocycles. The molecule has 1 amide bonds. The minimum Gasteiger partial charge on any atom is -0.337 e. The van der Waals surface area contributed by atoms with Crippen molar-refractivity contribution >= 4 is 22.2 Å². The van der Waals surface area contributed by atoms with E-state index in [-0.39, 0.29) is 5.91 Å². The van der Waals surface area contributed by atoms with Gasteiger partial charge in [-0.3, -0.25) is 9.20 Å². The van der Waals surface area contributed by atoms with E-state index in [4.69, 9.17) is 0 Å². The van der Waals surface area contributed by atoms with Crippen LogP contribution >= 0.6 is 11.3 Å². The van der Waals surface area contributed by atoms with E-state index < -0.39 is 0 Å². The van der Waals surface area contributed by atoms with Crippen molar-refractivity contribution in [3.63, 3.8) is 0 Å². The first-order valence-corrected chi connectivity index (χ1v) is 7.36. The van der Waals surface area contributed by atoms with Crippen LogP contribution in [0.5, 0.6) is 0 Å². The van der Waals surface area contributed by atoms with Crippen molar-refractivity contribution < 1.29 is 4.79 Å². The SMILES string of the molecule is Cc1csc2nc(C(=O)N3CCCCCC3)cn12. The number of rotatable bonds is 1. The second kappa shape index (κ2) is 4.72. The molecule has 0 N–H and O–H groups in total. The second-order valence-corrected chi connectivity index (χ2v) is 5.70. The van der Waals surface area contributed by atoms with Gasteiger partial charge in [0.25, 0.3) is 5.91 Å². The Hall–Kier alpha value is -1.36. The summed E-state index contributed by atoms with van der Waals surface area (Å²) in [7, 11) is 0. The highest BCUT2D eigenvalue weighted by Crippen LogP contribution is 2.18. The Morgan fingerprint density at radius 2 is 2.00 bits per heavy atom. The van der Waals surface area contributed by atoms with Crippen LogP contribution in [-0.2, 0) is 0 Å². The minimum atomic E-state index is 0.0900. The zero-order valence-electron chi connectivity index (χ0n) is 10.6. The Bertz CT molecular complexity index is 564. The lowest BCUT2D eigenvalue weighted by atomic mass is 10.2. The van der Waals surface area contributed by atoms with Crippen LogP contribution in [0, 0.1) is 6.92 Å². The quantitative estimate of drug-likeness (QED) is 0.793. The van der Waals surface area contributed by atoms with Gasteiger partial charge in [0.15, 0.2) is 4.96 Å². The predicted octanol–water partition coefficient (Wildman–Crippen LogP) is 2.72. The average Bonchev–Trinajstić information content (AvgIpc) is 2.81. The molecule has 0 aliphatic carbocycles. The molecule has 1 aliphatic heterocycles. The highest BCUT2D eigenvalue weighted by atomic mass is 32.1. The smallest absolute Gasteiger partial charge is 0.274 e. The molecule has 0 aromatic carbocycles. The molecule has 0 saturated carbocycles. The van der Waals surface area contributed by atoms with Gasteiger partial charge in [-0.15, -0.1) is 11.3 Å². The number of imidazole rings is 1. The van der Waals surface area contributed by atoms with Gasteiger partial charge in [0, 0.05) is 30.4 Å². The summed E-state index contributed by atoms with van der Waals surface area (Å²) in [6.07, 6.45) is 6.58. The minimum absolute atomic E-state index is 0.0900. The normalized spacial score (nSPS) is 17.1. The first kappa shape index (κ1) is 11.7. The Morgan fingerprint density at radius 1 is 1.28 bits per heavy atom. The number of hydrogen-bond acceptors (Lipinski definition) is 3. The lowest BCUT2D eigenvalue weighted by Gasteiger charge is -2.18. The third kappa shape index (κ3) is 2.03. The molecular weight excluding hydrogens is 246 g/mol. The van der Waals surface area contributed by atoms with Gasteiger partial charge in [-0.1, -0.05) is 12.8 Å². The Labute approximate surface area is 110 Å². The van der Waals surface area contributed by atoms with Crippen LogP contribution in [0.1, 0.15) is 41.9 Å². The average molecular weight is 263 g/mol. The summed E-state index contributed by atoms with van der Waals surface area (Å²) in [5.74, 6) is 0.0900. The first-order valence-electron chi connectivity index (χ1n) is 6.48. The van der Waals surface area contributed by atoms with Crippen molar-refractivity contribution in [2.24, 2.45) is 0 Å². The fourth-order valence-corrected chi connectivity index (χ4v) is 3.28. The van der Waals surface area contributed by atoms with Crippen molar-refractivity contribution in [3.8, 4) is 0 Å². The molecule has 1 saturated heterocycles. The Morgan fingerprint density at radius 3 is 2.67 bits per heavy atom. The summed E-state index contributed by atoms with van der Waals surface area (Å²) in [6.45, 7) is 3.79. The van der Waals surface area contributed by atoms with Gasteiger partial charge in [-0.2, -0.15) is 0 Å². The molecule has 0 spiro atoms. The summed E-state index contributed by atoms with van der Waals surface area (Å²) in [5, 5.41) is 2.06. The van der Waals surface area contributed by atoms with Crippen LogP contribution in [0.15, 0.2) is 11.6 Å². The molecule has 0 atom stereocenters. The molecule has 2 aromatic rings. The maximum Gasteiger partial charge on any atom is 0.274 e. The van der Waals surface area contributed by atoms with Crippen molar-refractivity contribution in [1.82, 2.24) is 14.3 Å². The molecule has 96 valence electrons. The summed E-state index contributed by atoms with van der Waals surface area (Å²) in [5.41, 5.74) is 1.73. The van der Waals surface area contributed by atoms with E-state index in [1.54, 1.807) is 11.3 Å². The van der Waals surface area contributed by atoms with Crippen molar-refractivity contribution in [2.75, 3.05) is 13.1 Å². The summed E-state index contributed by atoms with van der Waals surface area (Å²) >= 11 is 1.58. The number of aryl methyl sites for hydroxylation is 1. The van der Waals surface area contributed by atoms with Crippen LogP contribution in [0.4, 0.5) is 0 Å². The number of amides is 1. The number of aromatic nitrogens is 2. The zero-order chi connectivity index (χ0) is 12.5. The lowest BCUT2D eigenvalue weighted by molar-refractivity contribution is 0.0756.